The molecule has 1 aliphatic carbocycles. The average Bonchev–Trinajstić information content (AvgIpc) is 2.38. The zero-order valence-electron chi connectivity index (χ0n) is 12.3. The summed E-state index contributed by atoms with van der Waals surface area (Å²) >= 11 is 0. The Labute approximate surface area is 114 Å². The van der Waals surface area contributed by atoms with E-state index < -0.39 is 11.2 Å². The molecule has 4 heteroatoms. The van der Waals surface area contributed by atoms with Gasteiger partial charge in [-0.3, -0.25) is 9.59 Å². The van der Waals surface area contributed by atoms with Crippen molar-refractivity contribution in [2.45, 2.75) is 47.0 Å². The lowest BCUT2D eigenvalue weighted by atomic mass is 9.68. The number of methoxy groups -OCH3 is 1. The van der Waals surface area contributed by atoms with Crippen LogP contribution in [0.2, 0.25) is 0 Å². The van der Waals surface area contributed by atoms with Crippen LogP contribution in [-0.4, -0.2) is 23.8 Å². The summed E-state index contributed by atoms with van der Waals surface area (Å²) in [5.41, 5.74) is -0.342. The summed E-state index contributed by atoms with van der Waals surface area (Å²) in [6.07, 6.45) is 1.60. The topological polar surface area (TPSA) is 63.6 Å². The maximum Gasteiger partial charge on any atom is 0.183 e. The van der Waals surface area contributed by atoms with Crippen LogP contribution < -0.4 is 0 Å². The van der Waals surface area contributed by atoms with Crippen LogP contribution in [0.4, 0.5) is 0 Å². The fraction of sp³-hybridized carbons (Fsp3) is 0.600. The molecule has 0 aromatic rings. The smallest absolute Gasteiger partial charge is 0.183 e. The van der Waals surface area contributed by atoms with Gasteiger partial charge in [-0.1, -0.05) is 20.8 Å². The second kappa shape index (κ2) is 5.59. The van der Waals surface area contributed by atoms with Crippen molar-refractivity contribution in [3.05, 3.63) is 22.7 Å². The van der Waals surface area contributed by atoms with E-state index >= 15 is 0 Å². The lowest BCUT2D eigenvalue weighted by Crippen LogP contribution is -2.40. The Morgan fingerprint density at radius 1 is 1.26 bits per heavy atom. The van der Waals surface area contributed by atoms with E-state index in [1.165, 1.54) is 14.0 Å². The third-order valence-corrected chi connectivity index (χ3v) is 4.01. The number of carbonyl (C=O) groups is 2. The fourth-order valence-corrected chi connectivity index (χ4v) is 2.86. The maximum atomic E-state index is 12.6. The summed E-state index contributed by atoms with van der Waals surface area (Å²) in [7, 11) is 1.50. The molecule has 4 nitrogen and oxygen atoms in total. The minimum atomic E-state index is -0.826. The van der Waals surface area contributed by atoms with Crippen LogP contribution in [0.25, 0.3) is 0 Å². The summed E-state index contributed by atoms with van der Waals surface area (Å²) in [5, 5.41) is 10.2. The summed E-state index contributed by atoms with van der Waals surface area (Å²) in [6, 6.07) is 0. The quantitative estimate of drug-likeness (QED) is 0.777. The van der Waals surface area contributed by atoms with Crippen LogP contribution >= 0.6 is 0 Å². The molecular formula is C15H22O4. The minimum Gasteiger partial charge on any atom is -0.507 e. The first-order chi connectivity index (χ1) is 8.91. The molecule has 1 N–H and O–H groups in total. The Balaban J connectivity index is 3.69. The summed E-state index contributed by atoms with van der Waals surface area (Å²) in [5.74, 6) is -0.423. The Morgan fingerprint density at radius 2 is 1.79 bits per heavy atom. The van der Waals surface area contributed by atoms with Gasteiger partial charge in [-0.2, -0.15) is 0 Å². The summed E-state index contributed by atoms with van der Waals surface area (Å²) < 4.78 is 5.41. The highest BCUT2D eigenvalue weighted by Gasteiger charge is 2.48. The molecule has 0 bridgehead atoms. The van der Waals surface area contributed by atoms with Crippen molar-refractivity contribution in [2.75, 3.05) is 7.11 Å². The molecular weight excluding hydrogens is 244 g/mol. The zero-order valence-corrected chi connectivity index (χ0v) is 12.3. The van der Waals surface area contributed by atoms with Crippen LogP contribution in [-0.2, 0) is 14.3 Å². The zero-order chi connectivity index (χ0) is 14.8. The molecule has 1 aliphatic rings. The maximum absolute atomic E-state index is 12.6. The highest BCUT2D eigenvalue weighted by Crippen LogP contribution is 2.46. The van der Waals surface area contributed by atoms with Gasteiger partial charge in [0.15, 0.2) is 11.6 Å². The summed E-state index contributed by atoms with van der Waals surface area (Å²) in [6.45, 7) is 6.97. The molecule has 0 amide bonds. The minimum absolute atomic E-state index is 0.0821. The standard InChI is InChI=1S/C15H22O4/c1-6-10-12(17)11(9(4)16)13(18)15(7-2,8-3)14(10)19-5/h17H,6-8H2,1-5H3. The van der Waals surface area contributed by atoms with Gasteiger partial charge in [-0.25, -0.2) is 0 Å². The Bertz CT molecular complexity index is 465. The molecule has 0 atom stereocenters. The molecule has 0 saturated carbocycles. The van der Waals surface area contributed by atoms with Crippen molar-refractivity contribution in [3.8, 4) is 0 Å². The molecule has 0 aliphatic heterocycles. The van der Waals surface area contributed by atoms with E-state index in [1.807, 2.05) is 20.8 Å². The van der Waals surface area contributed by atoms with Crippen LogP contribution in [0.15, 0.2) is 22.7 Å². The molecule has 0 spiro atoms. The number of rotatable bonds is 5. The van der Waals surface area contributed by atoms with Crippen LogP contribution in [0.1, 0.15) is 47.0 Å². The first kappa shape index (κ1) is 15.5. The number of ketones is 2. The van der Waals surface area contributed by atoms with Gasteiger partial charge in [0, 0.05) is 5.57 Å². The molecule has 0 heterocycles. The van der Waals surface area contributed by atoms with Crippen LogP contribution in [0.5, 0.6) is 0 Å². The lowest BCUT2D eigenvalue weighted by molar-refractivity contribution is -0.128. The molecule has 106 valence electrons. The predicted octanol–water partition coefficient (Wildman–Crippen LogP) is 3.09. The molecule has 0 unspecified atom stereocenters. The number of aliphatic hydroxyl groups is 1. The second-order valence-electron chi connectivity index (χ2n) is 4.76. The Hall–Kier alpha value is -1.58. The van der Waals surface area contributed by atoms with Crippen molar-refractivity contribution in [1.82, 2.24) is 0 Å². The van der Waals surface area contributed by atoms with Crippen molar-refractivity contribution in [2.24, 2.45) is 5.41 Å². The number of carbonyl (C=O) groups excluding carboxylic acids is 2. The SMILES string of the molecule is CCC1=C(OC)C(CC)(CC)C(=O)C(C(C)=O)=C1O. The monoisotopic (exact) mass is 266 g/mol. The van der Waals surface area contributed by atoms with Gasteiger partial charge in [0.05, 0.1) is 12.5 Å². The predicted molar refractivity (Wildman–Crippen MR) is 72.7 cm³/mol. The van der Waals surface area contributed by atoms with E-state index in [1.54, 1.807) is 0 Å². The third-order valence-electron chi connectivity index (χ3n) is 4.01. The van der Waals surface area contributed by atoms with Gasteiger partial charge >= 0.3 is 0 Å². The van der Waals surface area contributed by atoms with E-state index in [4.69, 9.17) is 4.74 Å². The van der Waals surface area contributed by atoms with Gasteiger partial charge in [0.2, 0.25) is 0 Å². The van der Waals surface area contributed by atoms with E-state index in [2.05, 4.69) is 0 Å². The average molecular weight is 266 g/mol. The van der Waals surface area contributed by atoms with Crippen molar-refractivity contribution in [1.29, 1.82) is 0 Å². The van der Waals surface area contributed by atoms with Gasteiger partial charge in [0.25, 0.3) is 0 Å². The van der Waals surface area contributed by atoms with Gasteiger partial charge in [0.1, 0.15) is 17.1 Å². The lowest BCUT2D eigenvalue weighted by Gasteiger charge is -2.37. The first-order valence-electron chi connectivity index (χ1n) is 6.68. The van der Waals surface area contributed by atoms with E-state index in [-0.39, 0.29) is 17.1 Å². The Kier molecular flexibility index (Phi) is 4.56. The van der Waals surface area contributed by atoms with Crippen LogP contribution in [0, 0.1) is 5.41 Å². The number of Topliss-reactive ketones (excluding diaryl/α,β-unsaturated/α-hetero) is 2. The largest absolute Gasteiger partial charge is 0.507 e. The van der Waals surface area contributed by atoms with Crippen molar-refractivity contribution in [3.63, 3.8) is 0 Å². The van der Waals surface area contributed by atoms with E-state index in [9.17, 15) is 14.7 Å². The third kappa shape index (κ3) is 2.09. The molecule has 0 fully saturated rings. The molecule has 0 saturated heterocycles. The van der Waals surface area contributed by atoms with E-state index in [0.717, 1.165) is 0 Å². The van der Waals surface area contributed by atoms with Crippen LogP contribution in [0.3, 0.4) is 0 Å². The number of allylic oxidation sites excluding steroid dienone is 3. The fourth-order valence-electron chi connectivity index (χ4n) is 2.86. The van der Waals surface area contributed by atoms with Gasteiger partial charge in [-0.15, -0.1) is 0 Å². The van der Waals surface area contributed by atoms with Crippen molar-refractivity contribution >= 4 is 11.6 Å². The van der Waals surface area contributed by atoms with E-state index in [0.29, 0.717) is 30.6 Å². The second-order valence-corrected chi connectivity index (χ2v) is 4.76. The molecule has 0 aromatic heterocycles. The molecule has 0 aromatic carbocycles. The molecule has 1 rings (SSSR count). The summed E-state index contributed by atoms with van der Waals surface area (Å²) in [4.78, 5) is 24.3. The highest BCUT2D eigenvalue weighted by molar-refractivity contribution is 6.23. The number of hydrogen-bond donors (Lipinski definition) is 1. The van der Waals surface area contributed by atoms with Gasteiger partial charge < -0.3 is 9.84 Å². The number of ether oxygens (including phenoxy) is 1. The van der Waals surface area contributed by atoms with Gasteiger partial charge in [-0.05, 0) is 26.2 Å². The highest BCUT2D eigenvalue weighted by atomic mass is 16.5. The molecule has 0 radical (unpaired) electrons. The number of aliphatic hydroxyl groups excluding tert-OH is 1. The normalized spacial score (nSPS) is 18.9. The Morgan fingerprint density at radius 3 is 2.11 bits per heavy atom. The first-order valence-corrected chi connectivity index (χ1v) is 6.68. The van der Waals surface area contributed by atoms with Crippen molar-refractivity contribution < 1.29 is 19.4 Å². The number of hydrogen-bond acceptors (Lipinski definition) is 4. The molecule has 19 heavy (non-hydrogen) atoms.